The standard InChI is InChI=1S/C24H30N2O/c1-4-26(5-2,6-3)17-11-16-25-24(27)23-21-14-9-7-12-19(21)18-20-13-8-10-15-22(20)23/h7-10,12-15,18H,4-6,11,16-17H2,1-3H3/p+1. The Kier molecular flexibility index (Phi) is 6.12. The Morgan fingerprint density at radius 2 is 1.37 bits per heavy atom. The summed E-state index contributed by atoms with van der Waals surface area (Å²) in [5, 5.41) is 7.45. The minimum Gasteiger partial charge on any atom is -0.352 e. The summed E-state index contributed by atoms with van der Waals surface area (Å²) in [6.45, 7) is 12.0. The summed E-state index contributed by atoms with van der Waals surface area (Å²) in [7, 11) is 0. The lowest BCUT2D eigenvalue weighted by atomic mass is 9.96. The molecule has 3 aromatic carbocycles. The fourth-order valence-electron chi connectivity index (χ4n) is 4.11. The molecule has 0 saturated carbocycles. The van der Waals surface area contributed by atoms with Gasteiger partial charge in [0.1, 0.15) is 0 Å². The summed E-state index contributed by atoms with van der Waals surface area (Å²) >= 11 is 0. The molecule has 1 N–H and O–H groups in total. The maximum Gasteiger partial charge on any atom is 0.252 e. The molecule has 0 saturated heterocycles. The summed E-state index contributed by atoms with van der Waals surface area (Å²) in [5.41, 5.74) is 0.797. The van der Waals surface area contributed by atoms with Crippen LogP contribution in [0.1, 0.15) is 37.6 Å². The van der Waals surface area contributed by atoms with Crippen molar-refractivity contribution in [3.05, 3.63) is 60.2 Å². The van der Waals surface area contributed by atoms with Gasteiger partial charge in [0.2, 0.25) is 0 Å². The van der Waals surface area contributed by atoms with Crippen LogP contribution in [0, 0.1) is 0 Å². The van der Waals surface area contributed by atoms with Crippen molar-refractivity contribution >= 4 is 27.5 Å². The first kappa shape index (κ1) is 19.4. The molecule has 0 bridgehead atoms. The van der Waals surface area contributed by atoms with E-state index in [0.717, 1.165) is 70.7 Å². The van der Waals surface area contributed by atoms with Crippen molar-refractivity contribution in [2.45, 2.75) is 27.2 Å². The normalized spacial score (nSPS) is 11.8. The second-order valence-electron chi connectivity index (χ2n) is 7.32. The molecule has 3 nitrogen and oxygen atoms in total. The van der Waals surface area contributed by atoms with Crippen molar-refractivity contribution in [3.8, 4) is 0 Å². The fourth-order valence-corrected chi connectivity index (χ4v) is 4.11. The molecule has 0 radical (unpaired) electrons. The van der Waals surface area contributed by atoms with Crippen molar-refractivity contribution in [1.29, 1.82) is 0 Å². The zero-order valence-corrected chi connectivity index (χ0v) is 16.8. The van der Waals surface area contributed by atoms with E-state index in [1.807, 2.05) is 36.4 Å². The molecule has 0 aliphatic rings. The monoisotopic (exact) mass is 363 g/mol. The Balaban J connectivity index is 1.81. The summed E-state index contributed by atoms with van der Waals surface area (Å²) in [6.07, 6.45) is 1.00. The highest BCUT2D eigenvalue weighted by atomic mass is 16.1. The largest absolute Gasteiger partial charge is 0.352 e. The van der Waals surface area contributed by atoms with Crippen LogP contribution in [0.3, 0.4) is 0 Å². The topological polar surface area (TPSA) is 29.1 Å². The predicted molar refractivity (Wildman–Crippen MR) is 115 cm³/mol. The van der Waals surface area contributed by atoms with Crippen LogP contribution < -0.4 is 5.32 Å². The first-order valence-electron chi connectivity index (χ1n) is 10.2. The van der Waals surface area contributed by atoms with Gasteiger partial charge in [0, 0.05) is 13.0 Å². The number of rotatable bonds is 8. The highest BCUT2D eigenvalue weighted by Crippen LogP contribution is 2.28. The van der Waals surface area contributed by atoms with Crippen molar-refractivity contribution < 1.29 is 9.28 Å². The molecule has 0 aliphatic heterocycles. The molecular formula is C24H31N2O+. The van der Waals surface area contributed by atoms with E-state index in [0.29, 0.717) is 0 Å². The van der Waals surface area contributed by atoms with Gasteiger partial charge in [-0.2, -0.15) is 0 Å². The quantitative estimate of drug-likeness (QED) is 0.341. The smallest absolute Gasteiger partial charge is 0.252 e. The summed E-state index contributed by atoms with van der Waals surface area (Å²) in [6, 6.07) is 18.5. The van der Waals surface area contributed by atoms with Crippen molar-refractivity contribution in [3.63, 3.8) is 0 Å². The van der Waals surface area contributed by atoms with Crippen LogP contribution in [0.25, 0.3) is 21.5 Å². The molecule has 0 aromatic heterocycles. The van der Waals surface area contributed by atoms with E-state index in [1.165, 1.54) is 0 Å². The third-order valence-corrected chi connectivity index (χ3v) is 6.11. The minimum absolute atomic E-state index is 0.0330. The molecule has 0 unspecified atom stereocenters. The molecule has 0 atom stereocenters. The summed E-state index contributed by atoms with van der Waals surface area (Å²) < 4.78 is 1.12. The number of carbonyl (C=O) groups is 1. The lowest BCUT2D eigenvalue weighted by Crippen LogP contribution is -2.48. The van der Waals surface area contributed by atoms with Crippen molar-refractivity contribution in [2.75, 3.05) is 32.7 Å². The molecule has 3 heteroatoms. The number of amides is 1. The van der Waals surface area contributed by atoms with Gasteiger partial charge in [-0.05, 0) is 48.4 Å². The lowest BCUT2D eigenvalue weighted by molar-refractivity contribution is -0.923. The number of benzene rings is 3. The van der Waals surface area contributed by atoms with E-state index in [1.54, 1.807) is 0 Å². The molecule has 142 valence electrons. The number of nitrogens with zero attached hydrogens (tertiary/aromatic N) is 1. The molecule has 0 aliphatic carbocycles. The number of hydrogen-bond donors (Lipinski definition) is 1. The predicted octanol–water partition coefficient (Wildman–Crippen LogP) is 4.99. The number of quaternary nitrogens is 1. The average Bonchev–Trinajstić information content (AvgIpc) is 2.72. The zero-order valence-electron chi connectivity index (χ0n) is 16.8. The molecule has 0 fully saturated rings. The van der Waals surface area contributed by atoms with E-state index in [-0.39, 0.29) is 5.91 Å². The summed E-state index contributed by atoms with van der Waals surface area (Å²) in [5.74, 6) is 0.0330. The molecule has 3 rings (SSSR count). The van der Waals surface area contributed by atoms with Gasteiger partial charge in [-0.1, -0.05) is 48.5 Å². The maximum absolute atomic E-state index is 13.1. The van der Waals surface area contributed by atoms with Crippen LogP contribution in [0.2, 0.25) is 0 Å². The molecule has 1 amide bonds. The average molecular weight is 364 g/mol. The van der Waals surface area contributed by atoms with Gasteiger partial charge in [0.25, 0.3) is 5.91 Å². The van der Waals surface area contributed by atoms with Crippen molar-refractivity contribution in [1.82, 2.24) is 5.32 Å². The van der Waals surface area contributed by atoms with E-state index in [2.05, 4.69) is 44.3 Å². The number of hydrogen-bond acceptors (Lipinski definition) is 1. The second kappa shape index (κ2) is 8.53. The third kappa shape index (κ3) is 3.98. The Bertz CT molecular complexity index is 866. The van der Waals surface area contributed by atoms with E-state index in [9.17, 15) is 4.79 Å². The van der Waals surface area contributed by atoms with Gasteiger partial charge in [-0.15, -0.1) is 0 Å². The second-order valence-corrected chi connectivity index (χ2v) is 7.32. The first-order chi connectivity index (χ1) is 13.1. The molecule has 0 heterocycles. The van der Waals surface area contributed by atoms with Gasteiger partial charge in [0.15, 0.2) is 0 Å². The fraction of sp³-hybridized carbons (Fsp3) is 0.375. The Hall–Kier alpha value is -2.39. The summed E-state index contributed by atoms with van der Waals surface area (Å²) in [4.78, 5) is 13.1. The van der Waals surface area contributed by atoms with Gasteiger partial charge in [-0.25, -0.2) is 0 Å². The van der Waals surface area contributed by atoms with Crippen LogP contribution in [-0.4, -0.2) is 43.1 Å². The lowest BCUT2D eigenvalue weighted by Gasteiger charge is -2.35. The van der Waals surface area contributed by atoms with Gasteiger partial charge in [0.05, 0.1) is 31.7 Å². The number of nitrogens with one attached hydrogen (secondary N) is 1. The van der Waals surface area contributed by atoms with Crippen molar-refractivity contribution in [2.24, 2.45) is 0 Å². The maximum atomic E-state index is 13.1. The van der Waals surface area contributed by atoms with E-state index in [4.69, 9.17) is 0 Å². The van der Waals surface area contributed by atoms with E-state index >= 15 is 0 Å². The molecule has 3 aromatic rings. The first-order valence-corrected chi connectivity index (χ1v) is 10.2. The number of fused-ring (bicyclic) bond motifs is 2. The van der Waals surface area contributed by atoms with Crippen LogP contribution in [0.15, 0.2) is 54.6 Å². The van der Waals surface area contributed by atoms with Gasteiger partial charge >= 0.3 is 0 Å². The van der Waals surface area contributed by atoms with Gasteiger partial charge in [-0.3, -0.25) is 4.79 Å². The number of carbonyl (C=O) groups excluding carboxylic acids is 1. The molecule has 0 spiro atoms. The van der Waals surface area contributed by atoms with Crippen LogP contribution >= 0.6 is 0 Å². The van der Waals surface area contributed by atoms with Gasteiger partial charge < -0.3 is 9.80 Å². The SMILES string of the molecule is CC[N+](CC)(CC)CCCNC(=O)c1c2ccccc2cc2ccccc12. The highest BCUT2D eigenvalue weighted by molar-refractivity contribution is 6.18. The minimum atomic E-state index is 0.0330. The Morgan fingerprint density at radius 3 is 1.89 bits per heavy atom. The van der Waals surface area contributed by atoms with Crippen LogP contribution in [-0.2, 0) is 0 Å². The highest BCUT2D eigenvalue weighted by Gasteiger charge is 2.20. The van der Waals surface area contributed by atoms with Crippen LogP contribution in [0.4, 0.5) is 0 Å². The van der Waals surface area contributed by atoms with E-state index < -0.39 is 0 Å². The Morgan fingerprint density at radius 1 is 0.852 bits per heavy atom. The zero-order chi connectivity index (χ0) is 19.3. The molecule has 27 heavy (non-hydrogen) atoms. The van der Waals surface area contributed by atoms with Crippen LogP contribution in [0.5, 0.6) is 0 Å². The molecular weight excluding hydrogens is 332 g/mol. The third-order valence-electron chi connectivity index (χ3n) is 6.11. The Labute approximate surface area is 162 Å².